The maximum absolute atomic E-state index is 11.1. The van der Waals surface area contributed by atoms with Gasteiger partial charge in [0.25, 0.3) is 0 Å². The fraction of sp³-hybridized carbons (Fsp3) is 0.182. The highest BCUT2D eigenvalue weighted by molar-refractivity contribution is 5.90. The highest BCUT2D eigenvalue weighted by Gasteiger charge is 2.03. The van der Waals surface area contributed by atoms with Crippen LogP contribution in [0.2, 0.25) is 0 Å². The number of aromatic nitrogens is 2. The van der Waals surface area contributed by atoms with Gasteiger partial charge in [-0.15, -0.1) is 10.2 Å². The molecule has 0 spiro atoms. The first kappa shape index (κ1) is 10.4. The predicted molar refractivity (Wildman–Crippen MR) is 58.7 cm³/mol. The smallest absolute Gasteiger partial charge is 0.247 e. The second-order valence-electron chi connectivity index (χ2n) is 3.22. The van der Waals surface area contributed by atoms with Gasteiger partial charge in [0.2, 0.25) is 18.2 Å². The van der Waals surface area contributed by atoms with E-state index in [2.05, 4.69) is 15.5 Å². The molecule has 5 nitrogen and oxygen atoms in total. The average Bonchev–Trinajstić information content (AvgIpc) is 2.83. The molecule has 0 saturated heterocycles. The Labute approximate surface area is 92.5 Å². The average molecular weight is 217 g/mol. The number of carbonyl (C=O) groups excluding carboxylic acids is 1. The van der Waals surface area contributed by atoms with Crippen molar-refractivity contribution < 1.29 is 9.21 Å². The monoisotopic (exact) mass is 217 g/mol. The number of anilines is 1. The molecule has 0 aliphatic heterocycles. The van der Waals surface area contributed by atoms with E-state index in [1.54, 1.807) is 12.1 Å². The van der Waals surface area contributed by atoms with Gasteiger partial charge < -0.3 is 9.73 Å². The van der Waals surface area contributed by atoms with Gasteiger partial charge in [-0.25, -0.2) is 0 Å². The number of hydrogen-bond donors (Lipinski definition) is 1. The first-order valence-electron chi connectivity index (χ1n) is 4.96. The Balaban J connectivity index is 2.14. The van der Waals surface area contributed by atoms with E-state index < -0.39 is 0 Å². The van der Waals surface area contributed by atoms with E-state index in [-0.39, 0.29) is 5.91 Å². The minimum Gasteiger partial charge on any atom is -0.423 e. The summed E-state index contributed by atoms with van der Waals surface area (Å²) in [7, 11) is 0. The van der Waals surface area contributed by atoms with Crippen molar-refractivity contribution in [2.75, 3.05) is 5.32 Å². The van der Waals surface area contributed by atoms with Crippen LogP contribution in [-0.4, -0.2) is 16.1 Å². The highest BCUT2D eigenvalue weighted by atomic mass is 16.4. The molecule has 1 heterocycles. The van der Waals surface area contributed by atoms with Crippen molar-refractivity contribution in [1.29, 1.82) is 0 Å². The summed E-state index contributed by atoms with van der Waals surface area (Å²) in [6.45, 7) is 1.81. The normalized spacial score (nSPS) is 10.1. The van der Waals surface area contributed by atoms with E-state index in [1.165, 1.54) is 6.39 Å². The zero-order chi connectivity index (χ0) is 11.4. The molecular formula is C11H11N3O2. The Hall–Kier alpha value is -2.17. The predicted octanol–water partition coefficient (Wildman–Crippen LogP) is 2.09. The molecule has 1 aromatic heterocycles. The molecule has 0 radical (unpaired) electrons. The van der Waals surface area contributed by atoms with Crippen LogP contribution in [0.3, 0.4) is 0 Å². The molecule has 0 bridgehead atoms. The third-order valence-electron chi connectivity index (χ3n) is 2.10. The third-order valence-corrected chi connectivity index (χ3v) is 2.10. The van der Waals surface area contributed by atoms with E-state index in [9.17, 15) is 4.79 Å². The maximum Gasteiger partial charge on any atom is 0.247 e. The third kappa shape index (κ3) is 2.25. The number of nitrogens with one attached hydrogen (secondary N) is 1. The summed E-state index contributed by atoms with van der Waals surface area (Å²) >= 11 is 0. The van der Waals surface area contributed by atoms with Gasteiger partial charge in [0.05, 0.1) is 0 Å². The van der Waals surface area contributed by atoms with Crippen LogP contribution in [0.4, 0.5) is 5.69 Å². The van der Waals surface area contributed by atoms with Crippen molar-refractivity contribution in [2.24, 2.45) is 0 Å². The van der Waals surface area contributed by atoms with Crippen LogP contribution in [0.1, 0.15) is 13.3 Å². The summed E-state index contributed by atoms with van der Waals surface area (Å²) in [5.41, 5.74) is 1.59. The second kappa shape index (κ2) is 4.57. The molecule has 0 aliphatic carbocycles. The van der Waals surface area contributed by atoms with E-state index in [0.29, 0.717) is 12.3 Å². The number of benzene rings is 1. The lowest BCUT2D eigenvalue weighted by atomic mass is 10.2. The Morgan fingerprint density at radius 2 is 2.12 bits per heavy atom. The van der Waals surface area contributed by atoms with Gasteiger partial charge in [-0.1, -0.05) is 6.92 Å². The lowest BCUT2D eigenvalue weighted by molar-refractivity contribution is -0.115. The molecule has 2 rings (SSSR count). The molecule has 0 atom stereocenters. The van der Waals surface area contributed by atoms with Crippen molar-refractivity contribution in [3.63, 3.8) is 0 Å². The van der Waals surface area contributed by atoms with Crippen LogP contribution in [0, 0.1) is 0 Å². The number of hydrogen-bond acceptors (Lipinski definition) is 4. The summed E-state index contributed by atoms with van der Waals surface area (Å²) in [6.07, 6.45) is 1.74. The Kier molecular flexibility index (Phi) is 2.95. The molecular weight excluding hydrogens is 206 g/mol. The summed E-state index contributed by atoms with van der Waals surface area (Å²) in [6, 6.07) is 7.23. The van der Waals surface area contributed by atoms with Crippen molar-refractivity contribution in [3.8, 4) is 11.5 Å². The van der Waals surface area contributed by atoms with Crippen molar-refractivity contribution in [2.45, 2.75) is 13.3 Å². The van der Waals surface area contributed by atoms with E-state index in [4.69, 9.17) is 4.42 Å². The van der Waals surface area contributed by atoms with Crippen LogP contribution >= 0.6 is 0 Å². The molecule has 1 amide bonds. The summed E-state index contributed by atoms with van der Waals surface area (Å²) in [5, 5.41) is 10.1. The highest BCUT2D eigenvalue weighted by Crippen LogP contribution is 2.18. The van der Waals surface area contributed by atoms with E-state index >= 15 is 0 Å². The molecule has 82 valence electrons. The molecule has 0 fully saturated rings. The van der Waals surface area contributed by atoms with Gasteiger partial charge in [0.15, 0.2) is 0 Å². The molecule has 5 heteroatoms. The fourth-order valence-electron chi connectivity index (χ4n) is 1.24. The van der Waals surface area contributed by atoms with Crippen molar-refractivity contribution in [3.05, 3.63) is 30.7 Å². The van der Waals surface area contributed by atoms with Gasteiger partial charge in [-0.3, -0.25) is 4.79 Å². The van der Waals surface area contributed by atoms with Gasteiger partial charge in [-0.05, 0) is 24.3 Å². The zero-order valence-electron chi connectivity index (χ0n) is 8.80. The Morgan fingerprint density at radius 3 is 2.69 bits per heavy atom. The summed E-state index contributed by atoms with van der Waals surface area (Å²) in [4.78, 5) is 11.1. The standard InChI is InChI=1S/C11H11N3O2/c1-2-10(15)13-9-5-3-8(4-6-9)11-14-12-7-16-11/h3-7H,2H2,1H3,(H,13,15). The lowest BCUT2D eigenvalue weighted by Crippen LogP contribution is -2.08. The van der Waals surface area contributed by atoms with Gasteiger partial charge >= 0.3 is 0 Å². The van der Waals surface area contributed by atoms with Crippen molar-refractivity contribution >= 4 is 11.6 Å². The van der Waals surface area contributed by atoms with E-state index in [0.717, 1.165) is 11.3 Å². The SMILES string of the molecule is CCC(=O)Nc1ccc(-c2nnco2)cc1. The first-order chi connectivity index (χ1) is 7.79. The molecule has 0 aliphatic rings. The van der Waals surface area contributed by atoms with Crippen LogP contribution in [0.5, 0.6) is 0 Å². The molecule has 0 unspecified atom stereocenters. The summed E-state index contributed by atoms with van der Waals surface area (Å²) < 4.78 is 5.05. The summed E-state index contributed by atoms with van der Waals surface area (Å²) in [5.74, 6) is 0.457. The number of amides is 1. The Morgan fingerprint density at radius 1 is 1.38 bits per heavy atom. The molecule has 1 N–H and O–H groups in total. The van der Waals surface area contributed by atoms with Crippen LogP contribution in [-0.2, 0) is 4.79 Å². The molecule has 16 heavy (non-hydrogen) atoms. The van der Waals surface area contributed by atoms with E-state index in [1.807, 2.05) is 19.1 Å². The molecule has 1 aromatic carbocycles. The topological polar surface area (TPSA) is 68.0 Å². The number of rotatable bonds is 3. The number of carbonyl (C=O) groups is 1. The van der Waals surface area contributed by atoms with Gasteiger partial charge in [-0.2, -0.15) is 0 Å². The minimum absolute atomic E-state index is 0.00876. The zero-order valence-corrected chi connectivity index (χ0v) is 8.80. The Bertz CT molecular complexity index is 462. The fourth-order valence-corrected chi connectivity index (χ4v) is 1.24. The second-order valence-corrected chi connectivity index (χ2v) is 3.22. The van der Waals surface area contributed by atoms with Crippen LogP contribution < -0.4 is 5.32 Å². The maximum atomic E-state index is 11.1. The largest absolute Gasteiger partial charge is 0.423 e. The van der Waals surface area contributed by atoms with Gasteiger partial charge in [0.1, 0.15) is 0 Å². The van der Waals surface area contributed by atoms with Gasteiger partial charge in [0, 0.05) is 17.7 Å². The lowest BCUT2D eigenvalue weighted by Gasteiger charge is -2.03. The molecule has 0 saturated carbocycles. The van der Waals surface area contributed by atoms with Crippen molar-refractivity contribution in [1.82, 2.24) is 10.2 Å². The van der Waals surface area contributed by atoms with Crippen LogP contribution in [0.25, 0.3) is 11.5 Å². The molecule has 2 aromatic rings. The first-order valence-corrected chi connectivity index (χ1v) is 4.96. The van der Waals surface area contributed by atoms with Crippen LogP contribution in [0.15, 0.2) is 35.1 Å². The quantitative estimate of drug-likeness (QED) is 0.854. The minimum atomic E-state index is -0.00876. The number of nitrogens with zero attached hydrogens (tertiary/aromatic N) is 2.